The van der Waals surface area contributed by atoms with Gasteiger partial charge in [-0.25, -0.2) is 8.78 Å². The highest BCUT2D eigenvalue weighted by Gasteiger charge is 2.29. The maximum absolute atomic E-state index is 13.6. The summed E-state index contributed by atoms with van der Waals surface area (Å²) in [5.74, 6) is -0.995. The third-order valence-electron chi connectivity index (χ3n) is 4.74. The summed E-state index contributed by atoms with van der Waals surface area (Å²) < 4.78 is 27.2. The fourth-order valence-corrected chi connectivity index (χ4v) is 3.80. The Hall–Kier alpha value is -1.94. The van der Waals surface area contributed by atoms with E-state index < -0.39 is 11.6 Å². The molecule has 2 aromatic rings. The number of hydrogen-bond donors (Lipinski definition) is 1. The van der Waals surface area contributed by atoms with Crippen LogP contribution >= 0.6 is 0 Å². The van der Waals surface area contributed by atoms with E-state index in [1.165, 1.54) is 34.5 Å². The Kier molecular flexibility index (Phi) is 3.15. The minimum absolute atomic E-state index is 0.0184. The average Bonchev–Trinajstić information content (AvgIpc) is 2.94. The summed E-state index contributed by atoms with van der Waals surface area (Å²) >= 11 is 0. The number of hydrogen-bond acceptors (Lipinski definition) is 2. The molecule has 0 saturated carbocycles. The van der Waals surface area contributed by atoms with Gasteiger partial charge in [0.15, 0.2) is 0 Å². The minimum Gasteiger partial charge on any atom is -0.384 e. The molecule has 0 aromatic heterocycles. The zero-order valence-corrected chi connectivity index (χ0v) is 12.5. The highest BCUT2D eigenvalue weighted by atomic mass is 19.1. The van der Waals surface area contributed by atoms with E-state index in [1.807, 2.05) is 0 Å². The number of benzene rings is 2. The van der Waals surface area contributed by atoms with E-state index in [9.17, 15) is 8.78 Å². The molecule has 1 atom stereocenters. The molecule has 114 valence electrons. The summed E-state index contributed by atoms with van der Waals surface area (Å²) in [4.78, 5) is 2.23. The Morgan fingerprint density at radius 3 is 2.64 bits per heavy atom. The van der Waals surface area contributed by atoms with Crippen LogP contribution in [0.25, 0.3) is 0 Å². The summed E-state index contributed by atoms with van der Waals surface area (Å²) in [7, 11) is 2.06. The molecule has 0 fully saturated rings. The van der Waals surface area contributed by atoms with Crippen molar-refractivity contribution in [2.45, 2.75) is 18.9 Å². The second-order valence-corrected chi connectivity index (χ2v) is 6.29. The molecule has 2 nitrogen and oxygen atoms in total. The average molecular weight is 300 g/mol. The van der Waals surface area contributed by atoms with E-state index in [4.69, 9.17) is 0 Å². The first-order chi connectivity index (χ1) is 10.6. The zero-order valence-electron chi connectivity index (χ0n) is 12.5. The third kappa shape index (κ3) is 2.18. The van der Waals surface area contributed by atoms with Crippen molar-refractivity contribution < 1.29 is 8.78 Å². The van der Waals surface area contributed by atoms with Gasteiger partial charge in [-0.2, -0.15) is 0 Å². The van der Waals surface area contributed by atoms with Crippen LogP contribution in [-0.2, 0) is 13.0 Å². The van der Waals surface area contributed by atoms with Gasteiger partial charge in [-0.1, -0.05) is 6.07 Å². The second kappa shape index (κ2) is 5.06. The fraction of sp³-hybridized carbons (Fsp3) is 0.333. The van der Waals surface area contributed by atoms with Gasteiger partial charge in [0.2, 0.25) is 0 Å². The second-order valence-electron chi connectivity index (χ2n) is 6.29. The van der Waals surface area contributed by atoms with Crippen LogP contribution in [-0.4, -0.2) is 25.0 Å². The molecule has 2 aromatic carbocycles. The number of likely N-dealkylation sites (N-methyl/N-ethyl adjacent to an activating group) is 1. The molecule has 4 heteroatoms. The molecule has 1 N–H and O–H groups in total. The van der Waals surface area contributed by atoms with Crippen molar-refractivity contribution >= 4 is 5.69 Å². The topological polar surface area (TPSA) is 15.3 Å². The molecular weight excluding hydrogens is 282 g/mol. The standard InChI is InChI=1S/C18H18F2N2/c1-22-9-16(11-6-12(19)8-13(20)7-11)14-2-3-18-15(4-5-21-18)17(14)10-22/h2-3,6-8,16,21H,4-5,9-10H2,1H3. The van der Waals surface area contributed by atoms with Crippen LogP contribution < -0.4 is 5.32 Å². The molecule has 0 spiro atoms. The smallest absolute Gasteiger partial charge is 0.126 e. The molecule has 2 aliphatic rings. The third-order valence-corrected chi connectivity index (χ3v) is 4.74. The van der Waals surface area contributed by atoms with Crippen LogP contribution in [0, 0.1) is 11.6 Å². The van der Waals surface area contributed by atoms with E-state index in [2.05, 4.69) is 29.4 Å². The number of rotatable bonds is 1. The van der Waals surface area contributed by atoms with E-state index in [0.29, 0.717) is 0 Å². The van der Waals surface area contributed by atoms with Crippen LogP contribution in [0.2, 0.25) is 0 Å². The lowest BCUT2D eigenvalue weighted by Gasteiger charge is -2.34. The number of nitrogens with zero attached hydrogens (tertiary/aromatic N) is 1. The molecule has 2 aliphatic heterocycles. The SMILES string of the molecule is CN1Cc2c(ccc3c2CCN3)C(c2cc(F)cc(F)c2)C1. The van der Waals surface area contributed by atoms with Crippen molar-refractivity contribution in [1.29, 1.82) is 0 Å². The highest BCUT2D eigenvalue weighted by Crippen LogP contribution is 2.39. The largest absolute Gasteiger partial charge is 0.384 e. The Morgan fingerprint density at radius 2 is 1.86 bits per heavy atom. The lowest BCUT2D eigenvalue weighted by molar-refractivity contribution is 0.294. The lowest BCUT2D eigenvalue weighted by Crippen LogP contribution is -2.31. The summed E-state index contributed by atoms with van der Waals surface area (Å²) in [6.07, 6.45) is 1.02. The molecule has 0 bridgehead atoms. The molecule has 0 saturated heterocycles. The molecule has 4 rings (SSSR count). The first-order valence-electron chi connectivity index (χ1n) is 7.65. The van der Waals surface area contributed by atoms with Gasteiger partial charge >= 0.3 is 0 Å². The molecule has 22 heavy (non-hydrogen) atoms. The van der Waals surface area contributed by atoms with Crippen LogP contribution in [0.3, 0.4) is 0 Å². The maximum atomic E-state index is 13.6. The zero-order chi connectivity index (χ0) is 15.3. The van der Waals surface area contributed by atoms with Gasteiger partial charge in [0.1, 0.15) is 11.6 Å². The molecule has 0 amide bonds. The van der Waals surface area contributed by atoms with E-state index in [0.717, 1.165) is 37.7 Å². The molecule has 0 radical (unpaired) electrons. The van der Waals surface area contributed by atoms with Crippen molar-refractivity contribution in [1.82, 2.24) is 4.90 Å². The first kappa shape index (κ1) is 13.7. The summed E-state index contributed by atoms with van der Waals surface area (Å²) in [6.45, 7) is 2.64. The number of fused-ring (bicyclic) bond motifs is 3. The summed E-state index contributed by atoms with van der Waals surface area (Å²) in [5, 5.41) is 3.40. The normalized spacial score (nSPS) is 20.4. The fourth-order valence-electron chi connectivity index (χ4n) is 3.80. The summed E-state index contributed by atoms with van der Waals surface area (Å²) in [5.41, 5.74) is 5.83. The van der Waals surface area contributed by atoms with Gasteiger partial charge in [-0.05, 0) is 53.9 Å². The number of halogens is 2. The quantitative estimate of drug-likeness (QED) is 0.867. The van der Waals surface area contributed by atoms with Crippen molar-refractivity contribution in [2.75, 3.05) is 25.5 Å². The van der Waals surface area contributed by atoms with Gasteiger partial charge in [0, 0.05) is 37.3 Å². The maximum Gasteiger partial charge on any atom is 0.126 e. The van der Waals surface area contributed by atoms with E-state index in [1.54, 1.807) is 0 Å². The molecule has 1 unspecified atom stereocenters. The number of nitrogens with one attached hydrogen (secondary N) is 1. The monoisotopic (exact) mass is 300 g/mol. The van der Waals surface area contributed by atoms with Gasteiger partial charge in [-0.3, -0.25) is 0 Å². The predicted molar refractivity (Wildman–Crippen MR) is 83.2 cm³/mol. The van der Waals surface area contributed by atoms with Gasteiger partial charge in [0.05, 0.1) is 0 Å². The van der Waals surface area contributed by atoms with Crippen molar-refractivity contribution in [3.05, 3.63) is 64.2 Å². The Balaban J connectivity index is 1.86. The Labute approximate surface area is 128 Å². The van der Waals surface area contributed by atoms with Crippen LogP contribution in [0.4, 0.5) is 14.5 Å². The van der Waals surface area contributed by atoms with Crippen LogP contribution in [0.5, 0.6) is 0 Å². The van der Waals surface area contributed by atoms with Gasteiger partial charge in [0.25, 0.3) is 0 Å². The summed E-state index contributed by atoms with van der Waals surface area (Å²) in [6, 6.07) is 8.08. The first-order valence-corrected chi connectivity index (χ1v) is 7.65. The van der Waals surface area contributed by atoms with Crippen LogP contribution in [0.15, 0.2) is 30.3 Å². The van der Waals surface area contributed by atoms with Crippen LogP contribution in [0.1, 0.15) is 28.2 Å². The molecule has 0 aliphatic carbocycles. The van der Waals surface area contributed by atoms with Crippen molar-refractivity contribution in [3.8, 4) is 0 Å². The highest BCUT2D eigenvalue weighted by molar-refractivity contribution is 5.62. The Bertz CT molecular complexity index is 722. The van der Waals surface area contributed by atoms with Gasteiger partial charge < -0.3 is 10.2 Å². The van der Waals surface area contributed by atoms with Gasteiger partial charge in [-0.15, -0.1) is 0 Å². The lowest BCUT2D eigenvalue weighted by atomic mass is 9.82. The molecule has 2 heterocycles. The Morgan fingerprint density at radius 1 is 1.09 bits per heavy atom. The van der Waals surface area contributed by atoms with Crippen molar-refractivity contribution in [2.24, 2.45) is 0 Å². The van der Waals surface area contributed by atoms with E-state index >= 15 is 0 Å². The molecular formula is C18H18F2N2. The van der Waals surface area contributed by atoms with E-state index in [-0.39, 0.29) is 5.92 Å². The number of anilines is 1. The predicted octanol–water partition coefficient (Wildman–Crippen LogP) is 3.51. The van der Waals surface area contributed by atoms with Crippen molar-refractivity contribution in [3.63, 3.8) is 0 Å². The minimum atomic E-state index is -0.507.